The van der Waals surface area contributed by atoms with Crippen molar-refractivity contribution in [1.82, 2.24) is 14.6 Å². The number of rotatable bonds is 3. The van der Waals surface area contributed by atoms with Crippen LogP contribution in [0.4, 0.5) is 0 Å². The van der Waals surface area contributed by atoms with Crippen molar-refractivity contribution in [3.05, 3.63) is 10.2 Å². The third-order valence-corrected chi connectivity index (χ3v) is 6.78. The zero-order valence-electron chi connectivity index (χ0n) is 10.5. The number of sulfonamides is 1. The van der Waals surface area contributed by atoms with E-state index < -0.39 is 16.1 Å². The van der Waals surface area contributed by atoms with Crippen LogP contribution in [0.5, 0.6) is 0 Å². The summed E-state index contributed by atoms with van der Waals surface area (Å²) in [6.07, 6.45) is 1.20. The van der Waals surface area contributed by atoms with E-state index in [-0.39, 0.29) is 14.6 Å². The molecule has 1 unspecified atom stereocenters. The third kappa shape index (κ3) is 2.62. The number of carbonyl (C=O) groups is 1. The molecule has 1 saturated heterocycles. The van der Waals surface area contributed by atoms with E-state index in [0.717, 1.165) is 11.3 Å². The van der Waals surface area contributed by atoms with Crippen molar-refractivity contribution in [3.63, 3.8) is 0 Å². The van der Waals surface area contributed by atoms with Crippen LogP contribution in [0.1, 0.15) is 18.5 Å². The average Bonchev–Trinajstić information content (AvgIpc) is 2.95. The van der Waals surface area contributed by atoms with Crippen LogP contribution in [-0.4, -0.2) is 43.2 Å². The number of hydrogen-bond acceptors (Lipinski definition) is 5. The number of aromatic nitrogens is 1. The maximum atomic E-state index is 12.6. The fraction of sp³-hybridized carbons (Fsp3) is 0.600. The molecule has 1 aliphatic rings. The monoisotopic (exact) mass is 323 g/mol. The lowest BCUT2D eigenvalue weighted by Gasteiger charge is -2.22. The topological polar surface area (TPSA) is 79.4 Å². The second-order valence-corrected chi connectivity index (χ2v) is 7.89. The smallest absolute Gasteiger partial charge is 0.255 e. The number of nitrogens with zero attached hydrogens (tertiary/aromatic N) is 2. The summed E-state index contributed by atoms with van der Waals surface area (Å²) in [5.41, 5.74) is 0.373. The average molecular weight is 324 g/mol. The molecule has 1 aromatic rings. The molecule has 0 bridgehead atoms. The first-order valence-corrected chi connectivity index (χ1v) is 8.37. The van der Waals surface area contributed by atoms with Gasteiger partial charge in [0.05, 0.1) is 5.69 Å². The zero-order valence-corrected chi connectivity index (χ0v) is 12.9. The molecule has 0 aliphatic carbocycles. The molecule has 9 heteroatoms. The zero-order chi connectivity index (χ0) is 14.2. The van der Waals surface area contributed by atoms with Gasteiger partial charge in [0.1, 0.15) is 6.04 Å². The van der Waals surface area contributed by atoms with Gasteiger partial charge in [-0.2, -0.15) is 4.31 Å². The van der Waals surface area contributed by atoms with E-state index in [0.29, 0.717) is 25.1 Å². The Morgan fingerprint density at radius 1 is 1.58 bits per heavy atom. The normalized spacial score (nSPS) is 20.7. The Kier molecular flexibility index (Phi) is 4.14. The van der Waals surface area contributed by atoms with Gasteiger partial charge in [0.25, 0.3) is 10.0 Å². The predicted octanol–water partition coefficient (Wildman–Crippen LogP) is 1.00. The Hall–Kier alpha value is -0.700. The molecule has 1 aromatic heterocycles. The molecule has 0 radical (unpaired) electrons. The first kappa shape index (κ1) is 14.7. The van der Waals surface area contributed by atoms with Crippen LogP contribution in [0.15, 0.2) is 4.21 Å². The first-order chi connectivity index (χ1) is 8.87. The highest BCUT2D eigenvalue weighted by molar-refractivity contribution is 7.91. The van der Waals surface area contributed by atoms with Crippen molar-refractivity contribution in [2.45, 2.75) is 30.0 Å². The number of carbonyl (C=O) groups excluding carboxylic acids is 1. The van der Waals surface area contributed by atoms with E-state index in [1.54, 1.807) is 6.92 Å². The number of hydrogen-bond donors (Lipinski definition) is 1. The second kappa shape index (κ2) is 5.35. The molecule has 6 nitrogen and oxygen atoms in total. The standard InChI is InChI=1S/C10H14ClN3O3S2/c1-6-9(18-10(11)13-6)19(16,17)14-5-3-4-7(14)8(15)12-2/h7H,3-5H2,1-2H3,(H,12,15). The summed E-state index contributed by atoms with van der Waals surface area (Å²) < 4.78 is 26.7. The summed E-state index contributed by atoms with van der Waals surface area (Å²) in [7, 11) is -2.21. The van der Waals surface area contributed by atoms with E-state index >= 15 is 0 Å². The summed E-state index contributed by atoms with van der Waals surface area (Å²) in [5, 5.41) is 2.50. The Morgan fingerprint density at radius 3 is 2.79 bits per heavy atom. The lowest BCUT2D eigenvalue weighted by atomic mass is 10.2. The Balaban J connectivity index is 2.39. The van der Waals surface area contributed by atoms with Crippen molar-refractivity contribution >= 4 is 38.9 Å². The quantitative estimate of drug-likeness (QED) is 0.900. The highest BCUT2D eigenvalue weighted by atomic mass is 35.5. The van der Waals surface area contributed by atoms with Gasteiger partial charge in [0.15, 0.2) is 8.68 Å². The van der Waals surface area contributed by atoms with Gasteiger partial charge in [-0.05, 0) is 19.8 Å². The summed E-state index contributed by atoms with van der Waals surface area (Å²) in [5.74, 6) is -0.283. The van der Waals surface area contributed by atoms with Crippen LogP contribution in [0.2, 0.25) is 4.47 Å². The minimum absolute atomic E-state index is 0.119. The van der Waals surface area contributed by atoms with E-state index in [9.17, 15) is 13.2 Å². The van der Waals surface area contributed by atoms with E-state index in [4.69, 9.17) is 11.6 Å². The van der Waals surface area contributed by atoms with Gasteiger partial charge in [0.2, 0.25) is 5.91 Å². The molecular formula is C10H14ClN3O3S2. The highest BCUT2D eigenvalue weighted by Crippen LogP contribution is 2.33. The fourth-order valence-corrected chi connectivity index (χ4v) is 5.66. The van der Waals surface area contributed by atoms with Gasteiger partial charge >= 0.3 is 0 Å². The molecule has 0 aromatic carbocycles. The maximum Gasteiger partial charge on any atom is 0.255 e. The van der Waals surface area contributed by atoms with E-state index in [2.05, 4.69) is 10.3 Å². The number of aryl methyl sites for hydroxylation is 1. The van der Waals surface area contributed by atoms with Crippen LogP contribution < -0.4 is 5.32 Å². The summed E-state index contributed by atoms with van der Waals surface area (Å²) >= 11 is 6.67. The van der Waals surface area contributed by atoms with Crippen molar-refractivity contribution in [2.75, 3.05) is 13.6 Å². The van der Waals surface area contributed by atoms with Crippen LogP contribution in [-0.2, 0) is 14.8 Å². The predicted molar refractivity (Wildman–Crippen MR) is 72.8 cm³/mol. The van der Waals surface area contributed by atoms with E-state index in [1.807, 2.05) is 0 Å². The van der Waals surface area contributed by atoms with Gasteiger partial charge in [0, 0.05) is 13.6 Å². The second-order valence-electron chi connectivity index (χ2n) is 4.23. The number of thiazole rings is 1. The summed E-state index contributed by atoms with van der Waals surface area (Å²) in [6, 6.07) is -0.643. The van der Waals surface area contributed by atoms with Gasteiger partial charge in [-0.15, -0.1) is 0 Å². The minimum Gasteiger partial charge on any atom is -0.358 e. The summed E-state index contributed by atoms with van der Waals surface area (Å²) in [6.45, 7) is 1.94. The molecule has 2 heterocycles. The van der Waals surface area contributed by atoms with Crippen LogP contribution in [0.25, 0.3) is 0 Å². The number of halogens is 1. The van der Waals surface area contributed by atoms with Crippen LogP contribution >= 0.6 is 22.9 Å². The molecule has 0 spiro atoms. The lowest BCUT2D eigenvalue weighted by Crippen LogP contribution is -2.44. The van der Waals surface area contributed by atoms with Gasteiger partial charge in [-0.25, -0.2) is 13.4 Å². The number of amides is 1. The van der Waals surface area contributed by atoms with Crippen LogP contribution in [0, 0.1) is 6.92 Å². The lowest BCUT2D eigenvalue weighted by molar-refractivity contribution is -0.123. The molecule has 1 N–H and O–H groups in total. The highest BCUT2D eigenvalue weighted by Gasteiger charge is 2.40. The largest absolute Gasteiger partial charge is 0.358 e. The Morgan fingerprint density at radius 2 is 2.26 bits per heavy atom. The first-order valence-electron chi connectivity index (χ1n) is 5.74. The van der Waals surface area contributed by atoms with Crippen molar-refractivity contribution in [2.24, 2.45) is 0 Å². The molecule has 1 aliphatic heterocycles. The molecule has 2 rings (SSSR count). The molecule has 1 fully saturated rings. The number of nitrogens with one attached hydrogen (secondary N) is 1. The molecule has 19 heavy (non-hydrogen) atoms. The van der Waals surface area contributed by atoms with E-state index in [1.165, 1.54) is 11.4 Å². The molecule has 106 valence electrons. The third-order valence-electron chi connectivity index (χ3n) is 3.02. The maximum absolute atomic E-state index is 12.6. The minimum atomic E-state index is -3.71. The fourth-order valence-electron chi connectivity index (χ4n) is 2.15. The molecule has 0 saturated carbocycles. The summed E-state index contributed by atoms with van der Waals surface area (Å²) in [4.78, 5) is 15.7. The molecule has 1 atom stereocenters. The van der Waals surface area contributed by atoms with Gasteiger partial charge in [-0.3, -0.25) is 4.79 Å². The Labute approximate surface area is 120 Å². The Bertz CT molecular complexity index is 599. The number of likely N-dealkylation sites (N-methyl/N-ethyl adjacent to an activating group) is 1. The van der Waals surface area contributed by atoms with Gasteiger partial charge in [-0.1, -0.05) is 22.9 Å². The van der Waals surface area contributed by atoms with Crippen molar-refractivity contribution < 1.29 is 13.2 Å². The van der Waals surface area contributed by atoms with Crippen molar-refractivity contribution in [1.29, 1.82) is 0 Å². The van der Waals surface area contributed by atoms with Gasteiger partial charge < -0.3 is 5.32 Å². The SMILES string of the molecule is CNC(=O)C1CCCN1S(=O)(=O)c1sc(Cl)nc1C. The molecule has 1 amide bonds. The molecular weight excluding hydrogens is 310 g/mol. The van der Waals surface area contributed by atoms with Crippen LogP contribution in [0.3, 0.4) is 0 Å². The van der Waals surface area contributed by atoms with Crippen molar-refractivity contribution in [3.8, 4) is 0 Å².